The largest absolute Gasteiger partial charge is 0.264 e. The van der Waals surface area contributed by atoms with Crippen LogP contribution in [0.2, 0.25) is 0 Å². The van der Waals surface area contributed by atoms with Gasteiger partial charge in [-0.15, -0.1) is 11.8 Å². The second kappa shape index (κ2) is 5.36. The zero-order valence-corrected chi connectivity index (χ0v) is 10.0. The van der Waals surface area contributed by atoms with Gasteiger partial charge in [0.15, 0.2) is 0 Å². The maximum absolute atomic E-state index is 10.4. The molecule has 0 heterocycles. The Labute approximate surface area is 95.2 Å². The molecule has 1 unspecified atom stereocenters. The first-order chi connectivity index (χ1) is 6.59. The molecular formula is C9H10BrNO2S. The van der Waals surface area contributed by atoms with E-state index >= 15 is 0 Å². The van der Waals surface area contributed by atoms with Gasteiger partial charge in [0, 0.05) is 21.2 Å². The molecule has 0 aliphatic rings. The molecule has 1 aromatic rings. The van der Waals surface area contributed by atoms with E-state index in [0.29, 0.717) is 5.75 Å². The minimum atomic E-state index is -0.501. The molecular weight excluding hydrogens is 266 g/mol. The normalized spacial score (nSPS) is 12.4. The van der Waals surface area contributed by atoms with Crippen LogP contribution in [0.1, 0.15) is 6.92 Å². The topological polar surface area (TPSA) is 43.1 Å². The van der Waals surface area contributed by atoms with Crippen molar-refractivity contribution >= 4 is 27.7 Å². The molecule has 5 heteroatoms. The third kappa shape index (κ3) is 3.67. The molecule has 76 valence electrons. The van der Waals surface area contributed by atoms with Gasteiger partial charge in [-0.3, -0.25) is 10.1 Å². The van der Waals surface area contributed by atoms with E-state index in [0.717, 1.165) is 9.37 Å². The highest BCUT2D eigenvalue weighted by atomic mass is 79.9. The van der Waals surface area contributed by atoms with Crippen molar-refractivity contribution < 1.29 is 4.92 Å². The monoisotopic (exact) mass is 275 g/mol. The Morgan fingerprint density at radius 1 is 1.64 bits per heavy atom. The highest BCUT2D eigenvalue weighted by Crippen LogP contribution is 2.22. The van der Waals surface area contributed by atoms with Crippen molar-refractivity contribution in [3.05, 3.63) is 38.9 Å². The number of benzene rings is 1. The summed E-state index contributed by atoms with van der Waals surface area (Å²) in [7, 11) is 0. The predicted octanol–water partition coefficient (Wildman–Crippen LogP) is 3.21. The van der Waals surface area contributed by atoms with Crippen LogP contribution in [-0.2, 0) is 0 Å². The Bertz CT molecular complexity index is 332. The number of nitrogens with zero attached hydrogens (tertiary/aromatic N) is 1. The van der Waals surface area contributed by atoms with Gasteiger partial charge in [-0.25, -0.2) is 0 Å². The molecule has 0 radical (unpaired) electrons. The smallest absolute Gasteiger partial charge is 0.219 e. The highest BCUT2D eigenvalue weighted by molar-refractivity contribution is 9.10. The lowest BCUT2D eigenvalue weighted by atomic mass is 10.4. The third-order valence-electron chi connectivity index (χ3n) is 1.65. The number of nitro groups is 1. The molecule has 1 rings (SSSR count). The van der Waals surface area contributed by atoms with E-state index in [2.05, 4.69) is 15.9 Å². The van der Waals surface area contributed by atoms with E-state index in [1.165, 1.54) is 11.8 Å². The van der Waals surface area contributed by atoms with Gasteiger partial charge < -0.3 is 0 Å². The molecule has 0 fully saturated rings. The minimum absolute atomic E-state index is 0.259. The van der Waals surface area contributed by atoms with Gasteiger partial charge in [0.25, 0.3) is 0 Å². The summed E-state index contributed by atoms with van der Waals surface area (Å²) in [6.45, 7) is 1.62. The molecule has 0 bridgehead atoms. The van der Waals surface area contributed by atoms with Gasteiger partial charge in [-0.1, -0.05) is 22.0 Å². The summed E-state index contributed by atoms with van der Waals surface area (Å²) in [5.74, 6) is 0.503. The van der Waals surface area contributed by atoms with Crippen LogP contribution >= 0.6 is 27.7 Å². The van der Waals surface area contributed by atoms with Crippen LogP contribution in [-0.4, -0.2) is 16.7 Å². The molecule has 0 amide bonds. The zero-order valence-electron chi connectivity index (χ0n) is 7.64. The van der Waals surface area contributed by atoms with E-state index in [9.17, 15) is 10.1 Å². The molecule has 0 aliphatic carbocycles. The number of hydrogen-bond acceptors (Lipinski definition) is 3. The predicted molar refractivity (Wildman–Crippen MR) is 61.3 cm³/mol. The Kier molecular flexibility index (Phi) is 4.41. The lowest BCUT2D eigenvalue weighted by Crippen LogP contribution is -2.17. The summed E-state index contributed by atoms with van der Waals surface area (Å²) in [5.41, 5.74) is 0. The molecule has 0 spiro atoms. The molecule has 1 atom stereocenters. The summed E-state index contributed by atoms with van der Waals surface area (Å²) < 4.78 is 0.997. The fraction of sp³-hybridized carbons (Fsp3) is 0.333. The Morgan fingerprint density at radius 3 is 2.93 bits per heavy atom. The number of hydrogen-bond donors (Lipinski definition) is 0. The third-order valence-corrected chi connectivity index (χ3v) is 3.38. The van der Waals surface area contributed by atoms with E-state index in [-0.39, 0.29) is 4.92 Å². The highest BCUT2D eigenvalue weighted by Gasteiger charge is 2.12. The van der Waals surface area contributed by atoms with Crippen LogP contribution in [0.5, 0.6) is 0 Å². The van der Waals surface area contributed by atoms with Crippen molar-refractivity contribution in [3.63, 3.8) is 0 Å². The van der Waals surface area contributed by atoms with E-state index < -0.39 is 6.04 Å². The lowest BCUT2D eigenvalue weighted by Gasteiger charge is -2.03. The average Bonchev–Trinajstić information content (AvgIpc) is 2.14. The first kappa shape index (κ1) is 11.5. The molecule has 0 saturated heterocycles. The maximum atomic E-state index is 10.4. The Hall–Kier alpha value is -0.550. The van der Waals surface area contributed by atoms with Gasteiger partial charge in [0.05, 0.1) is 5.75 Å². The SMILES string of the molecule is CC(CSc1cccc(Br)c1)[N+](=O)[O-]. The Morgan fingerprint density at radius 2 is 2.36 bits per heavy atom. The van der Waals surface area contributed by atoms with E-state index in [4.69, 9.17) is 0 Å². The van der Waals surface area contributed by atoms with Crippen LogP contribution in [0.4, 0.5) is 0 Å². The van der Waals surface area contributed by atoms with Crippen LogP contribution in [0.25, 0.3) is 0 Å². The van der Waals surface area contributed by atoms with Gasteiger partial charge in [-0.2, -0.15) is 0 Å². The van der Waals surface area contributed by atoms with Crippen molar-refractivity contribution in [2.75, 3.05) is 5.75 Å². The Balaban J connectivity index is 2.49. The zero-order chi connectivity index (χ0) is 10.6. The van der Waals surface area contributed by atoms with Gasteiger partial charge in [-0.05, 0) is 18.2 Å². The minimum Gasteiger partial charge on any atom is -0.264 e. The maximum Gasteiger partial charge on any atom is 0.219 e. The quantitative estimate of drug-likeness (QED) is 0.482. The van der Waals surface area contributed by atoms with Crippen molar-refractivity contribution in [3.8, 4) is 0 Å². The summed E-state index contributed by atoms with van der Waals surface area (Å²) in [4.78, 5) is 11.2. The van der Waals surface area contributed by atoms with Gasteiger partial charge in [0.2, 0.25) is 6.04 Å². The van der Waals surface area contributed by atoms with Crippen LogP contribution in [0.3, 0.4) is 0 Å². The fourth-order valence-corrected chi connectivity index (χ4v) is 2.33. The van der Waals surface area contributed by atoms with E-state index in [1.54, 1.807) is 6.92 Å². The molecule has 0 saturated carbocycles. The molecule has 0 N–H and O–H groups in total. The summed E-state index contributed by atoms with van der Waals surface area (Å²) in [6.07, 6.45) is 0. The van der Waals surface area contributed by atoms with Crippen LogP contribution in [0, 0.1) is 10.1 Å². The summed E-state index contributed by atoms with van der Waals surface area (Å²) in [5, 5.41) is 10.4. The second-order valence-corrected chi connectivity index (χ2v) is 4.91. The van der Waals surface area contributed by atoms with Crippen molar-refractivity contribution in [1.82, 2.24) is 0 Å². The summed E-state index contributed by atoms with van der Waals surface area (Å²) >= 11 is 4.85. The first-order valence-corrected chi connectivity index (χ1v) is 5.89. The molecule has 0 aliphatic heterocycles. The van der Waals surface area contributed by atoms with Gasteiger partial charge >= 0.3 is 0 Å². The van der Waals surface area contributed by atoms with Crippen LogP contribution < -0.4 is 0 Å². The van der Waals surface area contributed by atoms with E-state index in [1.807, 2.05) is 24.3 Å². The first-order valence-electron chi connectivity index (χ1n) is 4.11. The van der Waals surface area contributed by atoms with Crippen molar-refractivity contribution in [2.45, 2.75) is 17.9 Å². The molecule has 3 nitrogen and oxygen atoms in total. The number of rotatable bonds is 4. The number of halogens is 1. The molecule has 0 aromatic heterocycles. The van der Waals surface area contributed by atoms with Crippen molar-refractivity contribution in [2.24, 2.45) is 0 Å². The van der Waals surface area contributed by atoms with Gasteiger partial charge in [0.1, 0.15) is 0 Å². The molecule has 14 heavy (non-hydrogen) atoms. The summed E-state index contributed by atoms with van der Waals surface area (Å²) in [6, 6.07) is 7.25. The molecule has 1 aromatic carbocycles. The van der Waals surface area contributed by atoms with Crippen molar-refractivity contribution in [1.29, 1.82) is 0 Å². The second-order valence-electron chi connectivity index (χ2n) is 2.90. The number of thioether (sulfide) groups is 1. The lowest BCUT2D eigenvalue weighted by molar-refractivity contribution is -0.511. The standard InChI is InChI=1S/C9H10BrNO2S/c1-7(11(12)13)6-14-9-4-2-3-8(10)5-9/h2-5,7H,6H2,1H3. The average molecular weight is 276 g/mol. The fourth-order valence-electron chi connectivity index (χ4n) is 0.834. The van der Waals surface area contributed by atoms with Crippen LogP contribution in [0.15, 0.2) is 33.6 Å².